The molecule has 0 saturated heterocycles. The topological polar surface area (TPSA) is 58.2 Å². The third kappa shape index (κ3) is 3.83. The van der Waals surface area contributed by atoms with Gasteiger partial charge in [0, 0.05) is 5.69 Å². The van der Waals surface area contributed by atoms with Crippen LogP contribution in [0.2, 0.25) is 5.02 Å². The van der Waals surface area contributed by atoms with Gasteiger partial charge in [0.15, 0.2) is 0 Å². The number of anilines is 2. The molecule has 0 fully saturated rings. The molecule has 2 rings (SSSR count). The van der Waals surface area contributed by atoms with Gasteiger partial charge in [0.2, 0.25) is 0 Å². The lowest BCUT2D eigenvalue weighted by atomic mass is 10.1. The largest absolute Gasteiger partial charge is 0.318 e. The fraction of sp³-hybridized carbons (Fsp3) is 0.125. The summed E-state index contributed by atoms with van der Waals surface area (Å²) in [6.07, 6.45) is 0. The maximum atomic E-state index is 11.9. The van der Waals surface area contributed by atoms with E-state index < -0.39 is 11.8 Å². The van der Waals surface area contributed by atoms with E-state index in [-0.39, 0.29) is 0 Å². The predicted molar refractivity (Wildman–Crippen MR) is 84.6 cm³/mol. The lowest BCUT2D eigenvalue weighted by Gasteiger charge is -2.10. The summed E-state index contributed by atoms with van der Waals surface area (Å²) in [4.78, 5) is 23.8. The van der Waals surface area contributed by atoms with Gasteiger partial charge in [-0.3, -0.25) is 9.59 Å². The summed E-state index contributed by atoms with van der Waals surface area (Å²) in [5.74, 6) is -1.50. The molecule has 0 spiro atoms. The number of aryl methyl sites for hydroxylation is 2. The molecule has 2 amide bonds. The molecule has 0 aliphatic rings. The van der Waals surface area contributed by atoms with Crippen LogP contribution in [-0.2, 0) is 9.59 Å². The number of hydrogen-bond donors (Lipinski definition) is 2. The molecule has 5 heteroatoms. The van der Waals surface area contributed by atoms with E-state index in [1.54, 1.807) is 30.3 Å². The Morgan fingerprint density at radius 2 is 1.52 bits per heavy atom. The van der Waals surface area contributed by atoms with E-state index in [4.69, 9.17) is 11.6 Å². The lowest BCUT2D eigenvalue weighted by Crippen LogP contribution is -2.29. The van der Waals surface area contributed by atoms with Crippen molar-refractivity contribution in [1.29, 1.82) is 0 Å². The van der Waals surface area contributed by atoms with E-state index in [1.807, 2.05) is 26.0 Å². The molecular formula is C16H15ClN2O2. The number of benzene rings is 2. The molecular weight excluding hydrogens is 288 g/mol. The molecule has 0 radical (unpaired) electrons. The number of hydrogen-bond acceptors (Lipinski definition) is 2. The Balaban J connectivity index is 2.06. The Hall–Kier alpha value is -2.33. The highest BCUT2D eigenvalue weighted by Gasteiger charge is 2.15. The molecule has 0 aliphatic heterocycles. The average Bonchev–Trinajstić information content (AvgIpc) is 2.44. The number of rotatable bonds is 2. The number of nitrogens with one attached hydrogen (secondary N) is 2. The van der Waals surface area contributed by atoms with Crippen molar-refractivity contribution >= 4 is 34.8 Å². The zero-order chi connectivity index (χ0) is 15.4. The van der Waals surface area contributed by atoms with Crippen LogP contribution in [0, 0.1) is 13.8 Å². The summed E-state index contributed by atoms with van der Waals surface area (Å²) < 4.78 is 0. The number of carbonyl (C=O) groups excluding carboxylic acids is 2. The minimum Gasteiger partial charge on any atom is -0.318 e. The van der Waals surface area contributed by atoms with Crippen LogP contribution in [0.4, 0.5) is 11.4 Å². The number of carbonyl (C=O) groups is 2. The highest BCUT2D eigenvalue weighted by molar-refractivity contribution is 6.44. The van der Waals surface area contributed by atoms with Crippen molar-refractivity contribution in [1.82, 2.24) is 0 Å². The molecule has 2 aromatic carbocycles. The molecule has 4 nitrogen and oxygen atoms in total. The molecule has 0 unspecified atom stereocenters. The first-order valence-electron chi connectivity index (χ1n) is 6.41. The summed E-state index contributed by atoms with van der Waals surface area (Å²) >= 11 is 5.93. The van der Waals surface area contributed by atoms with Crippen LogP contribution < -0.4 is 10.6 Å². The predicted octanol–water partition coefficient (Wildman–Crippen LogP) is 3.53. The Morgan fingerprint density at radius 1 is 0.905 bits per heavy atom. The molecule has 21 heavy (non-hydrogen) atoms. The van der Waals surface area contributed by atoms with Crippen molar-refractivity contribution in [3.05, 3.63) is 58.6 Å². The van der Waals surface area contributed by atoms with Crippen LogP contribution in [0.3, 0.4) is 0 Å². The Labute approximate surface area is 128 Å². The van der Waals surface area contributed by atoms with Crippen LogP contribution in [0.25, 0.3) is 0 Å². The molecule has 0 saturated carbocycles. The number of amides is 2. The zero-order valence-electron chi connectivity index (χ0n) is 11.7. The van der Waals surface area contributed by atoms with Crippen molar-refractivity contribution < 1.29 is 9.59 Å². The summed E-state index contributed by atoms with van der Waals surface area (Å²) in [5.41, 5.74) is 3.00. The van der Waals surface area contributed by atoms with E-state index in [9.17, 15) is 9.59 Å². The summed E-state index contributed by atoms with van der Waals surface area (Å²) in [7, 11) is 0. The minimum absolute atomic E-state index is 0.380. The molecule has 0 heterocycles. The monoisotopic (exact) mass is 302 g/mol. The van der Waals surface area contributed by atoms with Gasteiger partial charge in [0.05, 0.1) is 10.7 Å². The van der Waals surface area contributed by atoms with Gasteiger partial charge in [0.25, 0.3) is 0 Å². The average molecular weight is 303 g/mol. The van der Waals surface area contributed by atoms with E-state index in [1.165, 1.54) is 0 Å². The third-order valence-electron chi connectivity index (χ3n) is 2.96. The molecule has 2 aromatic rings. The van der Waals surface area contributed by atoms with E-state index in [0.717, 1.165) is 11.1 Å². The van der Waals surface area contributed by atoms with Gasteiger partial charge in [-0.05, 0) is 37.6 Å². The fourth-order valence-corrected chi connectivity index (χ4v) is 2.06. The highest BCUT2D eigenvalue weighted by atomic mass is 35.5. The van der Waals surface area contributed by atoms with E-state index in [0.29, 0.717) is 16.4 Å². The Bertz CT molecular complexity index is 698. The zero-order valence-corrected chi connectivity index (χ0v) is 12.5. The normalized spacial score (nSPS) is 10.0. The van der Waals surface area contributed by atoms with Crippen LogP contribution in [0.5, 0.6) is 0 Å². The Kier molecular flexibility index (Phi) is 4.60. The van der Waals surface area contributed by atoms with Gasteiger partial charge < -0.3 is 10.6 Å². The van der Waals surface area contributed by atoms with Gasteiger partial charge in [-0.2, -0.15) is 0 Å². The smallest absolute Gasteiger partial charge is 0.314 e. The quantitative estimate of drug-likeness (QED) is 0.834. The van der Waals surface area contributed by atoms with Gasteiger partial charge in [0.1, 0.15) is 0 Å². The first-order chi connectivity index (χ1) is 9.97. The molecule has 108 valence electrons. The summed E-state index contributed by atoms with van der Waals surface area (Å²) in [5, 5.41) is 5.44. The van der Waals surface area contributed by atoms with Crippen molar-refractivity contribution in [3.63, 3.8) is 0 Å². The molecule has 2 N–H and O–H groups in total. The third-order valence-corrected chi connectivity index (χ3v) is 3.29. The van der Waals surface area contributed by atoms with Crippen molar-refractivity contribution in [2.45, 2.75) is 13.8 Å². The molecule has 0 atom stereocenters. The second-order valence-electron chi connectivity index (χ2n) is 4.71. The first kappa shape index (κ1) is 15.1. The maximum absolute atomic E-state index is 11.9. The van der Waals surface area contributed by atoms with Crippen molar-refractivity contribution in [2.24, 2.45) is 0 Å². The van der Waals surface area contributed by atoms with Gasteiger partial charge in [-0.1, -0.05) is 41.4 Å². The fourth-order valence-electron chi connectivity index (χ4n) is 1.87. The second-order valence-corrected chi connectivity index (χ2v) is 5.11. The number of para-hydroxylation sites is 1. The number of halogens is 1. The first-order valence-corrected chi connectivity index (χ1v) is 6.79. The van der Waals surface area contributed by atoms with Gasteiger partial charge in [-0.15, -0.1) is 0 Å². The highest BCUT2D eigenvalue weighted by Crippen LogP contribution is 2.20. The van der Waals surface area contributed by atoms with Gasteiger partial charge in [-0.25, -0.2) is 0 Å². The van der Waals surface area contributed by atoms with Crippen molar-refractivity contribution in [3.8, 4) is 0 Å². The maximum Gasteiger partial charge on any atom is 0.314 e. The molecule has 0 aliphatic carbocycles. The van der Waals surface area contributed by atoms with E-state index >= 15 is 0 Å². The van der Waals surface area contributed by atoms with Gasteiger partial charge >= 0.3 is 11.8 Å². The lowest BCUT2D eigenvalue weighted by molar-refractivity contribution is -0.133. The minimum atomic E-state index is -0.761. The van der Waals surface area contributed by atoms with Crippen LogP contribution in [-0.4, -0.2) is 11.8 Å². The summed E-state index contributed by atoms with van der Waals surface area (Å²) in [6, 6.07) is 12.3. The van der Waals surface area contributed by atoms with E-state index in [2.05, 4.69) is 10.6 Å². The Morgan fingerprint density at radius 3 is 2.14 bits per heavy atom. The van der Waals surface area contributed by atoms with Crippen LogP contribution in [0.15, 0.2) is 42.5 Å². The van der Waals surface area contributed by atoms with Crippen LogP contribution >= 0.6 is 11.6 Å². The summed E-state index contributed by atoms with van der Waals surface area (Å²) in [6.45, 7) is 3.83. The standard InChI is InChI=1S/C16H15ClN2O2/c1-10-7-8-13(11(2)9-10)18-15(20)16(21)19-14-6-4-3-5-12(14)17/h3-9H,1-2H3,(H,18,20)(H,19,21). The SMILES string of the molecule is Cc1ccc(NC(=O)C(=O)Nc2ccccc2Cl)c(C)c1. The molecule has 0 aromatic heterocycles. The molecule has 0 bridgehead atoms. The second kappa shape index (κ2) is 6.41. The van der Waals surface area contributed by atoms with Crippen LogP contribution in [0.1, 0.15) is 11.1 Å². The van der Waals surface area contributed by atoms with Crippen molar-refractivity contribution in [2.75, 3.05) is 10.6 Å².